The van der Waals surface area contributed by atoms with E-state index in [1.165, 1.54) is 11.3 Å². The van der Waals surface area contributed by atoms with Crippen molar-refractivity contribution in [3.63, 3.8) is 0 Å². The summed E-state index contributed by atoms with van der Waals surface area (Å²) < 4.78 is 0. The molecule has 0 aliphatic rings. The van der Waals surface area contributed by atoms with Crippen LogP contribution in [0.3, 0.4) is 0 Å². The van der Waals surface area contributed by atoms with Gasteiger partial charge in [-0.2, -0.15) is 0 Å². The van der Waals surface area contributed by atoms with Crippen LogP contribution in [0.2, 0.25) is 0 Å². The average molecular weight is 305 g/mol. The number of carboxylic acid groups (broad SMARTS) is 1. The van der Waals surface area contributed by atoms with Gasteiger partial charge in [0.05, 0.1) is 5.56 Å². The quantitative estimate of drug-likeness (QED) is 0.683. The Labute approximate surface area is 125 Å². The summed E-state index contributed by atoms with van der Waals surface area (Å²) in [4.78, 5) is 22.9. The maximum atomic E-state index is 11.1. The van der Waals surface area contributed by atoms with Gasteiger partial charge in [0, 0.05) is 35.2 Å². The van der Waals surface area contributed by atoms with Crippen molar-refractivity contribution in [2.45, 2.75) is 6.54 Å². The van der Waals surface area contributed by atoms with E-state index >= 15 is 0 Å². The van der Waals surface area contributed by atoms with E-state index in [1.54, 1.807) is 30.6 Å². The fourth-order valence-corrected chi connectivity index (χ4v) is 2.44. The van der Waals surface area contributed by atoms with E-state index in [4.69, 9.17) is 5.11 Å². The first-order valence-electron chi connectivity index (χ1n) is 6.22. The van der Waals surface area contributed by atoms with Gasteiger partial charge in [-0.3, -0.25) is 0 Å². The molecule has 4 N–H and O–H groups in total. The monoisotopic (exact) mass is 305 g/mol. The highest BCUT2D eigenvalue weighted by atomic mass is 32.1. The lowest BCUT2D eigenvalue weighted by molar-refractivity contribution is 0.0697. The molecule has 0 saturated heterocycles. The molecule has 2 aromatic rings. The summed E-state index contributed by atoms with van der Waals surface area (Å²) in [7, 11) is 1.55. The molecule has 110 valence electrons. The second-order valence-corrected chi connectivity index (χ2v) is 5.24. The van der Waals surface area contributed by atoms with Crippen LogP contribution in [0.1, 0.15) is 15.2 Å². The van der Waals surface area contributed by atoms with Crippen LogP contribution in [0.5, 0.6) is 0 Å². The van der Waals surface area contributed by atoms with E-state index in [-0.39, 0.29) is 6.03 Å². The number of urea groups is 1. The van der Waals surface area contributed by atoms with Crippen LogP contribution < -0.4 is 16.0 Å². The van der Waals surface area contributed by atoms with Crippen molar-refractivity contribution in [3.05, 3.63) is 46.2 Å². The van der Waals surface area contributed by atoms with Gasteiger partial charge in [0.25, 0.3) is 0 Å². The average Bonchev–Trinajstić information content (AvgIpc) is 2.95. The Morgan fingerprint density at radius 2 is 1.86 bits per heavy atom. The molecule has 0 aliphatic heterocycles. The van der Waals surface area contributed by atoms with Crippen LogP contribution in [0.4, 0.5) is 16.2 Å². The molecule has 6 nitrogen and oxygen atoms in total. The van der Waals surface area contributed by atoms with E-state index in [2.05, 4.69) is 16.0 Å². The van der Waals surface area contributed by atoms with Gasteiger partial charge < -0.3 is 21.1 Å². The van der Waals surface area contributed by atoms with Crippen molar-refractivity contribution in [1.29, 1.82) is 0 Å². The summed E-state index contributed by atoms with van der Waals surface area (Å²) in [6, 6.07) is 8.65. The zero-order valence-electron chi connectivity index (χ0n) is 11.3. The summed E-state index contributed by atoms with van der Waals surface area (Å²) in [6.45, 7) is 0.556. The highest BCUT2D eigenvalue weighted by Crippen LogP contribution is 2.18. The standard InChI is InChI=1S/C14H15N3O3S/c1-15-14(20)17-11-4-2-10(3-5-11)16-7-12-6-9(8-21-12)13(18)19/h2-6,8,16H,7H2,1H3,(H,18,19)(H2,15,17,20). The van der Waals surface area contributed by atoms with Crippen molar-refractivity contribution >= 4 is 34.7 Å². The van der Waals surface area contributed by atoms with Crippen molar-refractivity contribution in [2.75, 3.05) is 17.7 Å². The number of thiophene rings is 1. The minimum atomic E-state index is -0.915. The smallest absolute Gasteiger partial charge is 0.336 e. The molecule has 0 atom stereocenters. The summed E-state index contributed by atoms with van der Waals surface area (Å²) >= 11 is 1.40. The number of anilines is 2. The number of nitrogens with one attached hydrogen (secondary N) is 3. The largest absolute Gasteiger partial charge is 0.478 e. The highest BCUT2D eigenvalue weighted by Gasteiger charge is 2.06. The molecule has 1 aromatic heterocycles. The lowest BCUT2D eigenvalue weighted by Crippen LogP contribution is -2.24. The first-order chi connectivity index (χ1) is 10.1. The molecule has 1 aromatic carbocycles. The number of carboxylic acids is 1. The first kappa shape index (κ1) is 14.9. The molecule has 2 amide bonds. The van der Waals surface area contributed by atoms with Gasteiger partial charge in [0.15, 0.2) is 0 Å². The Bertz CT molecular complexity index is 637. The second-order valence-electron chi connectivity index (χ2n) is 4.24. The Morgan fingerprint density at radius 3 is 2.43 bits per heavy atom. The van der Waals surface area contributed by atoms with Crippen LogP contribution in [0.25, 0.3) is 0 Å². The van der Waals surface area contributed by atoms with E-state index in [1.807, 2.05) is 12.1 Å². The van der Waals surface area contributed by atoms with Crippen LogP contribution in [-0.2, 0) is 6.54 Å². The molecule has 0 spiro atoms. The number of rotatable bonds is 5. The van der Waals surface area contributed by atoms with E-state index in [0.717, 1.165) is 10.6 Å². The molecule has 21 heavy (non-hydrogen) atoms. The van der Waals surface area contributed by atoms with Gasteiger partial charge in [0.2, 0.25) is 0 Å². The van der Waals surface area contributed by atoms with Gasteiger partial charge in [-0.15, -0.1) is 11.3 Å². The van der Waals surface area contributed by atoms with Crippen LogP contribution >= 0.6 is 11.3 Å². The number of hydrogen-bond donors (Lipinski definition) is 4. The van der Waals surface area contributed by atoms with Gasteiger partial charge in [-0.1, -0.05) is 0 Å². The second kappa shape index (κ2) is 6.76. The van der Waals surface area contributed by atoms with E-state index in [0.29, 0.717) is 17.8 Å². The third kappa shape index (κ3) is 4.22. The van der Waals surface area contributed by atoms with Crippen molar-refractivity contribution in [3.8, 4) is 0 Å². The minimum absolute atomic E-state index is 0.268. The highest BCUT2D eigenvalue weighted by molar-refractivity contribution is 7.10. The minimum Gasteiger partial charge on any atom is -0.478 e. The third-order valence-electron chi connectivity index (χ3n) is 2.74. The van der Waals surface area contributed by atoms with Crippen LogP contribution in [0, 0.1) is 0 Å². The number of aromatic carboxylic acids is 1. The summed E-state index contributed by atoms with van der Waals surface area (Å²) in [5, 5.41) is 18.8. The fourth-order valence-electron chi connectivity index (χ4n) is 1.64. The third-order valence-corrected chi connectivity index (χ3v) is 3.67. The maximum Gasteiger partial charge on any atom is 0.336 e. The lowest BCUT2D eigenvalue weighted by atomic mass is 10.2. The molecule has 0 radical (unpaired) electrons. The molecular formula is C14H15N3O3S. The molecule has 0 saturated carbocycles. The topological polar surface area (TPSA) is 90.5 Å². The van der Waals surface area contributed by atoms with Crippen molar-refractivity contribution < 1.29 is 14.7 Å². The fraction of sp³-hybridized carbons (Fsp3) is 0.143. The SMILES string of the molecule is CNC(=O)Nc1ccc(NCc2cc(C(=O)O)cs2)cc1. The molecule has 2 rings (SSSR count). The Balaban J connectivity index is 1.91. The Morgan fingerprint density at radius 1 is 1.19 bits per heavy atom. The van der Waals surface area contributed by atoms with Crippen LogP contribution in [0.15, 0.2) is 35.7 Å². The molecular weight excluding hydrogens is 290 g/mol. The molecule has 0 fully saturated rings. The van der Waals surface area contributed by atoms with Gasteiger partial charge >= 0.3 is 12.0 Å². The lowest BCUT2D eigenvalue weighted by Gasteiger charge is -2.07. The zero-order chi connectivity index (χ0) is 15.2. The summed E-state index contributed by atoms with van der Waals surface area (Å²) in [6.07, 6.45) is 0. The predicted molar refractivity (Wildman–Crippen MR) is 83.1 cm³/mol. The number of carbonyl (C=O) groups excluding carboxylic acids is 1. The van der Waals surface area contributed by atoms with Gasteiger partial charge in [0.1, 0.15) is 0 Å². The van der Waals surface area contributed by atoms with Gasteiger partial charge in [-0.05, 0) is 30.3 Å². The molecule has 0 bridgehead atoms. The number of carbonyl (C=O) groups is 2. The van der Waals surface area contributed by atoms with Crippen LogP contribution in [-0.4, -0.2) is 24.2 Å². The Hall–Kier alpha value is -2.54. The summed E-state index contributed by atoms with van der Waals surface area (Å²) in [5.41, 5.74) is 1.90. The zero-order valence-corrected chi connectivity index (χ0v) is 12.2. The van der Waals surface area contributed by atoms with Gasteiger partial charge in [-0.25, -0.2) is 9.59 Å². The first-order valence-corrected chi connectivity index (χ1v) is 7.10. The maximum absolute atomic E-state index is 11.1. The number of benzene rings is 1. The van der Waals surface area contributed by atoms with Crippen molar-refractivity contribution in [1.82, 2.24) is 5.32 Å². The number of amides is 2. The molecule has 0 aliphatic carbocycles. The molecule has 7 heteroatoms. The molecule has 0 unspecified atom stereocenters. The van der Waals surface area contributed by atoms with E-state index in [9.17, 15) is 9.59 Å². The normalized spacial score (nSPS) is 9.95. The Kier molecular flexibility index (Phi) is 4.78. The van der Waals surface area contributed by atoms with Crippen molar-refractivity contribution in [2.24, 2.45) is 0 Å². The van der Waals surface area contributed by atoms with E-state index < -0.39 is 5.97 Å². The number of hydrogen-bond acceptors (Lipinski definition) is 4. The predicted octanol–water partition coefficient (Wildman–Crippen LogP) is 2.81. The summed E-state index contributed by atoms with van der Waals surface area (Å²) in [5.74, 6) is -0.915. The molecule has 1 heterocycles.